The molecule has 0 saturated carbocycles. The van der Waals surface area contributed by atoms with E-state index in [0.29, 0.717) is 36.4 Å². The van der Waals surface area contributed by atoms with Crippen LogP contribution in [0.3, 0.4) is 0 Å². The first-order valence-electron chi connectivity index (χ1n) is 9.07. The molecular formula is C21H24N4O3. The maximum atomic E-state index is 12.9. The van der Waals surface area contributed by atoms with Gasteiger partial charge in [0, 0.05) is 20.3 Å². The highest BCUT2D eigenvalue weighted by atomic mass is 16.5. The lowest BCUT2D eigenvalue weighted by molar-refractivity contribution is 0.190. The third-order valence-corrected chi connectivity index (χ3v) is 4.42. The van der Waals surface area contributed by atoms with Crippen molar-refractivity contribution in [2.75, 3.05) is 26.3 Å². The number of nitrogens with zero attached hydrogens (tertiary/aromatic N) is 3. The van der Waals surface area contributed by atoms with Crippen molar-refractivity contribution in [3.05, 3.63) is 64.4 Å². The number of para-hydroxylation sites is 1. The zero-order valence-electron chi connectivity index (χ0n) is 16.3. The molecule has 7 nitrogen and oxygen atoms in total. The average Bonchev–Trinajstić information content (AvgIpc) is 2.74. The van der Waals surface area contributed by atoms with Gasteiger partial charge in [0.2, 0.25) is 5.95 Å². The van der Waals surface area contributed by atoms with E-state index in [-0.39, 0.29) is 5.56 Å². The molecule has 1 N–H and O–H groups in total. The lowest BCUT2D eigenvalue weighted by Crippen LogP contribution is -2.25. The van der Waals surface area contributed by atoms with Crippen LogP contribution in [0.2, 0.25) is 0 Å². The fraction of sp³-hybridized carbons (Fsp3) is 0.286. The van der Waals surface area contributed by atoms with Crippen molar-refractivity contribution in [3.8, 4) is 5.75 Å². The highest BCUT2D eigenvalue weighted by molar-refractivity contribution is 5.99. The standard InChI is InChI=1S/C21H24N4O3/c1-15(16-9-11-17(28-3)12-10-16)23-24-21-22-19-8-5-4-7-18(19)20(26)25(21)13-6-14-27-2/h4-5,7-12H,6,13-14H2,1-3H3,(H,22,24)/b23-15-. The largest absolute Gasteiger partial charge is 0.497 e. The Kier molecular flexibility index (Phi) is 6.39. The van der Waals surface area contributed by atoms with E-state index in [9.17, 15) is 4.79 Å². The smallest absolute Gasteiger partial charge is 0.262 e. The highest BCUT2D eigenvalue weighted by Crippen LogP contribution is 2.14. The number of anilines is 1. The molecule has 7 heteroatoms. The number of hydrogen-bond donors (Lipinski definition) is 1. The van der Waals surface area contributed by atoms with E-state index in [1.54, 1.807) is 24.9 Å². The van der Waals surface area contributed by atoms with E-state index in [1.807, 2.05) is 49.4 Å². The summed E-state index contributed by atoms with van der Waals surface area (Å²) in [6.07, 6.45) is 0.701. The maximum Gasteiger partial charge on any atom is 0.262 e. The Balaban J connectivity index is 1.93. The normalized spacial score (nSPS) is 11.6. The second kappa shape index (κ2) is 9.14. The van der Waals surface area contributed by atoms with Gasteiger partial charge in [0.25, 0.3) is 5.56 Å². The van der Waals surface area contributed by atoms with E-state index in [2.05, 4.69) is 15.5 Å². The quantitative estimate of drug-likeness (QED) is 0.369. The van der Waals surface area contributed by atoms with Crippen molar-refractivity contribution < 1.29 is 9.47 Å². The minimum atomic E-state index is -0.0958. The molecular weight excluding hydrogens is 356 g/mol. The lowest BCUT2D eigenvalue weighted by Gasteiger charge is -2.13. The maximum absolute atomic E-state index is 12.9. The zero-order valence-corrected chi connectivity index (χ0v) is 16.3. The van der Waals surface area contributed by atoms with Gasteiger partial charge in [0.15, 0.2) is 0 Å². The number of ether oxygens (including phenoxy) is 2. The van der Waals surface area contributed by atoms with Gasteiger partial charge in [-0.15, -0.1) is 0 Å². The van der Waals surface area contributed by atoms with Crippen LogP contribution in [-0.4, -0.2) is 36.1 Å². The molecule has 0 atom stereocenters. The Morgan fingerprint density at radius 1 is 1.14 bits per heavy atom. The minimum Gasteiger partial charge on any atom is -0.497 e. The van der Waals surface area contributed by atoms with Crippen molar-refractivity contribution in [2.24, 2.45) is 5.10 Å². The van der Waals surface area contributed by atoms with Crippen LogP contribution in [0.4, 0.5) is 5.95 Å². The molecule has 3 aromatic rings. The van der Waals surface area contributed by atoms with Gasteiger partial charge in [-0.25, -0.2) is 10.4 Å². The number of hydrazone groups is 1. The molecule has 1 aromatic heterocycles. The molecule has 0 aliphatic rings. The molecule has 0 radical (unpaired) electrons. The molecule has 0 spiro atoms. The second-order valence-electron chi connectivity index (χ2n) is 6.29. The number of nitrogens with one attached hydrogen (secondary N) is 1. The highest BCUT2D eigenvalue weighted by Gasteiger charge is 2.10. The Labute approximate surface area is 163 Å². The van der Waals surface area contributed by atoms with E-state index < -0.39 is 0 Å². The van der Waals surface area contributed by atoms with Gasteiger partial charge >= 0.3 is 0 Å². The summed E-state index contributed by atoms with van der Waals surface area (Å²) < 4.78 is 11.9. The summed E-state index contributed by atoms with van der Waals surface area (Å²) in [4.78, 5) is 17.5. The molecule has 3 rings (SSSR count). The van der Waals surface area contributed by atoms with E-state index in [0.717, 1.165) is 17.0 Å². The number of benzene rings is 2. The zero-order chi connectivity index (χ0) is 19.9. The molecule has 28 heavy (non-hydrogen) atoms. The minimum absolute atomic E-state index is 0.0958. The third-order valence-electron chi connectivity index (χ3n) is 4.42. The summed E-state index contributed by atoms with van der Waals surface area (Å²) in [5.74, 6) is 1.19. The van der Waals surface area contributed by atoms with Crippen LogP contribution in [0, 0.1) is 0 Å². The number of rotatable bonds is 8. The molecule has 0 unspecified atom stereocenters. The van der Waals surface area contributed by atoms with Crippen LogP contribution in [0.15, 0.2) is 58.4 Å². The van der Waals surface area contributed by atoms with Crippen LogP contribution in [0.5, 0.6) is 5.75 Å². The fourth-order valence-corrected chi connectivity index (χ4v) is 2.86. The van der Waals surface area contributed by atoms with Crippen LogP contribution < -0.4 is 15.7 Å². The van der Waals surface area contributed by atoms with E-state index in [1.165, 1.54) is 0 Å². The van der Waals surface area contributed by atoms with Crippen molar-refractivity contribution in [1.82, 2.24) is 9.55 Å². The van der Waals surface area contributed by atoms with Gasteiger partial charge in [-0.1, -0.05) is 12.1 Å². The SMILES string of the molecule is COCCCn1c(N/N=C(/C)c2ccc(OC)cc2)nc2ccccc2c1=O. The van der Waals surface area contributed by atoms with Gasteiger partial charge in [0.05, 0.1) is 23.7 Å². The Hall–Kier alpha value is -3.19. The van der Waals surface area contributed by atoms with Crippen molar-refractivity contribution >= 4 is 22.6 Å². The summed E-state index contributed by atoms with van der Waals surface area (Å²) in [7, 11) is 3.27. The Morgan fingerprint density at radius 2 is 1.89 bits per heavy atom. The van der Waals surface area contributed by atoms with Gasteiger partial charge in [-0.2, -0.15) is 5.10 Å². The summed E-state index contributed by atoms with van der Waals surface area (Å²) in [6, 6.07) is 14.9. The molecule has 0 aliphatic heterocycles. The summed E-state index contributed by atoms with van der Waals surface area (Å²) in [5, 5.41) is 5.01. The monoisotopic (exact) mass is 380 g/mol. The van der Waals surface area contributed by atoms with Gasteiger partial charge in [0.1, 0.15) is 5.75 Å². The first kappa shape index (κ1) is 19.6. The van der Waals surface area contributed by atoms with Gasteiger partial charge in [-0.05, 0) is 55.3 Å². The molecule has 0 saturated heterocycles. The molecule has 0 fully saturated rings. The predicted molar refractivity (Wildman–Crippen MR) is 111 cm³/mol. The van der Waals surface area contributed by atoms with Crippen molar-refractivity contribution in [1.29, 1.82) is 0 Å². The molecule has 0 aliphatic carbocycles. The Morgan fingerprint density at radius 3 is 2.61 bits per heavy atom. The first-order chi connectivity index (χ1) is 13.6. The molecule has 0 bridgehead atoms. The lowest BCUT2D eigenvalue weighted by atomic mass is 10.1. The van der Waals surface area contributed by atoms with Gasteiger partial charge < -0.3 is 9.47 Å². The number of fused-ring (bicyclic) bond motifs is 1. The van der Waals surface area contributed by atoms with Crippen LogP contribution >= 0.6 is 0 Å². The van der Waals surface area contributed by atoms with Crippen molar-refractivity contribution in [3.63, 3.8) is 0 Å². The number of hydrogen-bond acceptors (Lipinski definition) is 6. The fourth-order valence-electron chi connectivity index (χ4n) is 2.86. The Bertz CT molecular complexity index is 1030. The first-order valence-corrected chi connectivity index (χ1v) is 9.07. The predicted octanol–water partition coefficient (Wildman–Crippen LogP) is 3.28. The molecule has 146 valence electrons. The van der Waals surface area contributed by atoms with Crippen molar-refractivity contribution in [2.45, 2.75) is 19.9 Å². The van der Waals surface area contributed by atoms with E-state index >= 15 is 0 Å². The average molecular weight is 380 g/mol. The van der Waals surface area contributed by atoms with Crippen LogP contribution in [0.25, 0.3) is 10.9 Å². The summed E-state index contributed by atoms with van der Waals surface area (Å²) in [5.41, 5.74) is 5.22. The van der Waals surface area contributed by atoms with Gasteiger partial charge in [-0.3, -0.25) is 9.36 Å². The topological polar surface area (TPSA) is 77.7 Å². The number of aromatic nitrogens is 2. The summed E-state index contributed by atoms with van der Waals surface area (Å²) >= 11 is 0. The third kappa shape index (κ3) is 4.37. The number of methoxy groups -OCH3 is 2. The molecule has 1 heterocycles. The molecule has 0 amide bonds. The summed E-state index contributed by atoms with van der Waals surface area (Å²) in [6.45, 7) is 2.94. The van der Waals surface area contributed by atoms with Crippen LogP contribution in [-0.2, 0) is 11.3 Å². The second-order valence-corrected chi connectivity index (χ2v) is 6.29. The van der Waals surface area contributed by atoms with Crippen LogP contribution in [0.1, 0.15) is 18.9 Å². The van der Waals surface area contributed by atoms with E-state index in [4.69, 9.17) is 9.47 Å². The molecule has 2 aromatic carbocycles.